The first kappa shape index (κ1) is 15.5. The summed E-state index contributed by atoms with van der Waals surface area (Å²) in [6.45, 7) is 5.24. The molecular weight excluding hydrogens is 292 g/mol. The lowest BCUT2D eigenvalue weighted by atomic mass is 10.0. The quantitative estimate of drug-likeness (QED) is 0.925. The van der Waals surface area contributed by atoms with Crippen molar-refractivity contribution >= 4 is 5.91 Å². The van der Waals surface area contributed by atoms with Crippen molar-refractivity contribution < 1.29 is 9.53 Å². The van der Waals surface area contributed by atoms with Crippen LogP contribution in [0.4, 0.5) is 0 Å². The molecule has 0 saturated carbocycles. The van der Waals surface area contributed by atoms with Crippen molar-refractivity contribution in [2.75, 3.05) is 19.7 Å². The van der Waals surface area contributed by atoms with E-state index in [0.717, 1.165) is 16.8 Å². The second kappa shape index (κ2) is 6.38. The minimum atomic E-state index is -0.245. The maximum Gasteiger partial charge on any atom is 0.259 e. The van der Waals surface area contributed by atoms with Crippen molar-refractivity contribution in [3.8, 4) is 0 Å². The summed E-state index contributed by atoms with van der Waals surface area (Å²) in [5.74, 6) is -0.242. The molecule has 120 valence electrons. The van der Waals surface area contributed by atoms with Crippen molar-refractivity contribution in [3.05, 3.63) is 69.1 Å². The van der Waals surface area contributed by atoms with Crippen LogP contribution < -0.4 is 5.43 Å². The molecular formula is C18H20N2O3. The molecule has 0 unspecified atom stereocenters. The number of morpholine rings is 1. The summed E-state index contributed by atoms with van der Waals surface area (Å²) < 4.78 is 5.83. The SMILES string of the molecule is Cc1cc(=O)c(C(=O)N2CCO[C@H](c3ccccc3C)C2)c[nH]1. The van der Waals surface area contributed by atoms with Crippen LogP contribution in [-0.2, 0) is 4.74 Å². The van der Waals surface area contributed by atoms with Gasteiger partial charge in [0.2, 0.25) is 0 Å². The van der Waals surface area contributed by atoms with Gasteiger partial charge in [0.15, 0.2) is 5.43 Å². The molecule has 1 amide bonds. The zero-order valence-electron chi connectivity index (χ0n) is 13.3. The van der Waals surface area contributed by atoms with Gasteiger partial charge in [-0.3, -0.25) is 9.59 Å². The van der Waals surface area contributed by atoms with Crippen LogP contribution in [-0.4, -0.2) is 35.5 Å². The molecule has 0 radical (unpaired) electrons. The smallest absolute Gasteiger partial charge is 0.259 e. The Hall–Kier alpha value is -2.40. The van der Waals surface area contributed by atoms with Gasteiger partial charge in [-0.05, 0) is 25.0 Å². The fraction of sp³-hybridized carbons (Fsp3) is 0.333. The monoisotopic (exact) mass is 312 g/mol. The highest BCUT2D eigenvalue weighted by atomic mass is 16.5. The normalized spacial score (nSPS) is 18.0. The Morgan fingerprint density at radius 2 is 2.09 bits per heavy atom. The van der Waals surface area contributed by atoms with Crippen LogP contribution in [0.3, 0.4) is 0 Å². The third-order valence-electron chi connectivity index (χ3n) is 4.18. The molecule has 1 aromatic heterocycles. The van der Waals surface area contributed by atoms with Crippen LogP contribution in [0.15, 0.2) is 41.3 Å². The molecule has 1 fully saturated rings. The fourth-order valence-electron chi connectivity index (χ4n) is 2.88. The van der Waals surface area contributed by atoms with Gasteiger partial charge in [0, 0.05) is 24.5 Å². The number of benzene rings is 1. The molecule has 5 heteroatoms. The molecule has 1 N–H and O–H groups in total. The predicted molar refractivity (Wildman–Crippen MR) is 87.6 cm³/mol. The highest BCUT2D eigenvalue weighted by Gasteiger charge is 2.27. The molecule has 0 spiro atoms. The van der Waals surface area contributed by atoms with E-state index in [9.17, 15) is 9.59 Å². The average Bonchev–Trinajstić information content (AvgIpc) is 2.55. The van der Waals surface area contributed by atoms with Gasteiger partial charge in [0.25, 0.3) is 5.91 Å². The highest BCUT2D eigenvalue weighted by molar-refractivity contribution is 5.93. The number of hydrogen-bond acceptors (Lipinski definition) is 3. The number of rotatable bonds is 2. The summed E-state index contributed by atoms with van der Waals surface area (Å²) in [6, 6.07) is 9.46. The Morgan fingerprint density at radius 1 is 1.30 bits per heavy atom. The number of aryl methyl sites for hydroxylation is 2. The van der Waals surface area contributed by atoms with E-state index in [2.05, 4.69) is 4.98 Å². The van der Waals surface area contributed by atoms with Gasteiger partial charge >= 0.3 is 0 Å². The number of aromatic nitrogens is 1. The first-order valence-corrected chi connectivity index (χ1v) is 7.72. The first-order valence-electron chi connectivity index (χ1n) is 7.72. The maximum absolute atomic E-state index is 12.6. The van der Waals surface area contributed by atoms with E-state index >= 15 is 0 Å². The largest absolute Gasteiger partial charge is 0.370 e. The summed E-state index contributed by atoms with van der Waals surface area (Å²) >= 11 is 0. The third-order valence-corrected chi connectivity index (χ3v) is 4.18. The lowest BCUT2D eigenvalue weighted by molar-refractivity contribution is -0.0231. The minimum Gasteiger partial charge on any atom is -0.370 e. The molecule has 1 saturated heterocycles. The maximum atomic E-state index is 12.6. The van der Waals surface area contributed by atoms with Crippen LogP contribution in [0.2, 0.25) is 0 Å². The van der Waals surface area contributed by atoms with E-state index in [1.807, 2.05) is 31.2 Å². The van der Waals surface area contributed by atoms with Crippen LogP contribution in [0.25, 0.3) is 0 Å². The Labute approximate surface area is 134 Å². The number of nitrogens with zero attached hydrogens (tertiary/aromatic N) is 1. The zero-order chi connectivity index (χ0) is 16.4. The predicted octanol–water partition coefficient (Wildman–Crippen LogP) is 2.21. The second-order valence-electron chi connectivity index (χ2n) is 5.86. The number of hydrogen-bond donors (Lipinski definition) is 1. The number of nitrogens with one attached hydrogen (secondary N) is 1. The number of pyridine rings is 1. The number of ether oxygens (including phenoxy) is 1. The van der Waals surface area contributed by atoms with Crippen LogP contribution in [0.5, 0.6) is 0 Å². The van der Waals surface area contributed by atoms with Crippen molar-refractivity contribution in [1.29, 1.82) is 0 Å². The van der Waals surface area contributed by atoms with Gasteiger partial charge in [0.05, 0.1) is 13.2 Å². The number of aromatic amines is 1. The second-order valence-corrected chi connectivity index (χ2v) is 5.86. The molecule has 5 nitrogen and oxygen atoms in total. The van der Waals surface area contributed by atoms with E-state index in [-0.39, 0.29) is 23.0 Å². The Morgan fingerprint density at radius 3 is 2.83 bits per heavy atom. The van der Waals surface area contributed by atoms with E-state index in [1.54, 1.807) is 11.8 Å². The minimum absolute atomic E-state index is 0.154. The first-order chi connectivity index (χ1) is 11.1. The van der Waals surface area contributed by atoms with Gasteiger partial charge in [-0.15, -0.1) is 0 Å². The zero-order valence-corrected chi connectivity index (χ0v) is 13.3. The number of amides is 1. The number of carbonyl (C=O) groups excluding carboxylic acids is 1. The van der Waals surface area contributed by atoms with Crippen molar-refractivity contribution in [2.24, 2.45) is 0 Å². The molecule has 1 atom stereocenters. The lowest BCUT2D eigenvalue weighted by Crippen LogP contribution is -2.43. The van der Waals surface area contributed by atoms with Gasteiger partial charge in [0.1, 0.15) is 11.7 Å². The fourth-order valence-corrected chi connectivity index (χ4v) is 2.88. The average molecular weight is 312 g/mol. The highest BCUT2D eigenvalue weighted by Crippen LogP contribution is 2.25. The Bertz CT molecular complexity index is 782. The number of carbonyl (C=O) groups is 1. The topological polar surface area (TPSA) is 62.4 Å². The van der Waals surface area contributed by atoms with Gasteiger partial charge < -0.3 is 14.6 Å². The molecule has 1 aliphatic rings. The van der Waals surface area contributed by atoms with Crippen LogP contribution in [0, 0.1) is 13.8 Å². The third kappa shape index (κ3) is 3.19. The number of H-pyrrole nitrogens is 1. The molecule has 2 aromatic rings. The van der Waals surface area contributed by atoms with Crippen molar-refractivity contribution in [1.82, 2.24) is 9.88 Å². The summed E-state index contributed by atoms with van der Waals surface area (Å²) in [4.78, 5) is 29.3. The summed E-state index contributed by atoms with van der Waals surface area (Å²) in [5, 5.41) is 0. The molecule has 23 heavy (non-hydrogen) atoms. The van der Waals surface area contributed by atoms with Crippen molar-refractivity contribution in [2.45, 2.75) is 20.0 Å². The van der Waals surface area contributed by atoms with E-state index in [0.29, 0.717) is 19.7 Å². The molecule has 3 rings (SSSR count). The molecule has 2 heterocycles. The van der Waals surface area contributed by atoms with Gasteiger partial charge in [-0.2, -0.15) is 0 Å². The van der Waals surface area contributed by atoms with Crippen LogP contribution in [0.1, 0.15) is 33.3 Å². The van der Waals surface area contributed by atoms with Crippen LogP contribution >= 0.6 is 0 Å². The molecule has 0 bridgehead atoms. The Kier molecular flexibility index (Phi) is 4.30. The molecule has 1 aliphatic heterocycles. The van der Waals surface area contributed by atoms with E-state index < -0.39 is 0 Å². The van der Waals surface area contributed by atoms with Crippen molar-refractivity contribution in [3.63, 3.8) is 0 Å². The summed E-state index contributed by atoms with van der Waals surface area (Å²) in [7, 11) is 0. The summed E-state index contributed by atoms with van der Waals surface area (Å²) in [6.07, 6.45) is 1.34. The van der Waals surface area contributed by atoms with E-state index in [1.165, 1.54) is 12.3 Å². The standard InChI is InChI=1S/C18H20N2O3/c1-12-5-3-4-6-14(12)17-11-20(7-8-23-17)18(22)15-10-19-13(2)9-16(15)21/h3-6,9-10,17H,7-8,11H2,1-2H3,(H,19,21)/t17-/m0/s1. The molecule has 1 aromatic carbocycles. The van der Waals surface area contributed by atoms with Gasteiger partial charge in [-0.1, -0.05) is 24.3 Å². The Balaban J connectivity index is 1.82. The lowest BCUT2D eigenvalue weighted by Gasteiger charge is -2.33. The van der Waals surface area contributed by atoms with E-state index in [4.69, 9.17) is 4.74 Å². The van der Waals surface area contributed by atoms with Gasteiger partial charge in [-0.25, -0.2) is 0 Å². The molecule has 0 aliphatic carbocycles. The summed E-state index contributed by atoms with van der Waals surface area (Å²) in [5.41, 5.74) is 2.90.